The Morgan fingerprint density at radius 1 is 1.13 bits per heavy atom. The lowest BCUT2D eigenvalue weighted by Crippen LogP contribution is -2.30. The van der Waals surface area contributed by atoms with Gasteiger partial charge in [-0.1, -0.05) is 12.1 Å². The molecule has 3 heterocycles. The molecule has 1 aromatic carbocycles. The molecule has 6 heteroatoms. The Balaban J connectivity index is 1.81. The average molecular weight is 407 g/mol. The summed E-state index contributed by atoms with van der Waals surface area (Å²) in [6, 6.07) is 8.15. The monoisotopic (exact) mass is 406 g/mol. The molecule has 0 spiro atoms. The van der Waals surface area contributed by atoms with Gasteiger partial charge in [-0.05, 0) is 70.2 Å². The van der Waals surface area contributed by atoms with E-state index in [0.29, 0.717) is 19.4 Å². The molecule has 30 heavy (non-hydrogen) atoms. The van der Waals surface area contributed by atoms with Gasteiger partial charge in [0, 0.05) is 37.0 Å². The van der Waals surface area contributed by atoms with Gasteiger partial charge in [-0.25, -0.2) is 4.68 Å². The molecular weight excluding hydrogens is 376 g/mol. The van der Waals surface area contributed by atoms with Crippen LogP contribution >= 0.6 is 0 Å². The van der Waals surface area contributed by atoms with Crippen LogP contribution in [0.3, 0.4) is 0 Å². The lowest BCUT2D eigenvalue weighted by Gasteiger charge is -2.17. The molecule has 1 amide bonds. The number of benzene rings is 1. The van der Waals surface area contributed by atoms with E-state index in [1.165, 1.54) is 0 Å². The Hall–Kier alpha value is -2.89. The molecule has 1 aliphatic heterocycles. The van der Waals surface area contributed by atoms with E-state index >= 15 is 0 Å². The summed E-state index contributed by atoms with van der Waals surface area (Å²) in [4.78, 5) is 27.9. The number of hydrogen-bond donors (Lipinski definition) is 0. The minimum atomic E-state index is -0.00877. The van der Waals surface area contributed by atoms with Gasteiger partial charge in [-0.15, -0.1) is 0 Å². The second kappa shape index (κ2) is 8.09. The first-order valence-electron chi connectivity index (χ1n) is 10.9. The van der Waals surface area contributed by atoms with Crippen LogP contribution in [0.25, 0.3) is 16.7 Å². The Kier molecular flexibility index (Phi) is 5.50. The van der Waals surface area contributed by atoms with Crippen molar-refractivity contribution >= 4 is 16.9 Å². The van der Waals surface area contributed by atoms with Crippen LogP contribution in [0.4, 0.5) is 0 Å². The van der Waals surface area contributed by atoms with E-state index in [1.807, 2.05) is 42.5 Å². The maximum Gasteiger partial charge on any atom is 0.255 e. The van der Waals surface area contributed by atoms with E-state index < -0.39 is 0 Å². The lowest BCUT2D eigenvalue weighted by molar-refractivity contribution is -0.130. The Bertz CT molecular complexity index is 1170. The molecule has 0 radical (unpaired) electrons. The first-order chi connectivity index (χ1) is 14.4. The zero-order chi connectivity index (χ0) is 21.4. The van der Waals surface area contributed by atoms with Crippen molar-refractivity contribution < 1.29 is 4.79 Å². The first-order valence-corrected chi connectivity index (χ1v) is 10.9. The summed E-state index contributed by atoms with van der Waals surface area (Å²) >= 11 is 0. The fraction of sp³-hybridized carbons (Fsp3) is 0.458. The number of carbonyl (C=O) groups excluding carboxylic acids is 1. The highest BCUT2D eigenvalue weighted by Crippen LogP contribution is 2.27. The molecule has 1 saturated heterocycles. The number of pyridine rings is 1. The molecule has 3 aromatic rings. The van der Waals surface area contributed by atoms with Crippen molar-refractivity contribution in [3.8, 4) is 5.69 Å². The average Bonchev–Trinajstić information content (AvgIpc) is 3.37. The van der Waals surface area contributed by atoms with Crippen LogP contribution in [-0.4, -0.2) is 38.2 Å². The number of likely N-dealkylation sites (tertiary alicyclic amines) is 1. The van der Waals surface area contributed by atoms with Crippen LogP contribution in [0.1, 0.15) is 48.6 Å². The summed E-state index contributed by atoms with van der Waals surface area (Å²) in [6.07, 6.45) is 3.02. The Morgan fingerprint density at radius 3 is 2.53 bits per heavy atom. The molecule has 1 aliphatic rings. The first kappa shape index (κ1) is 20.4. The van der Waals surface area contributed by atoms with E-state index in [2.05, 4.69) is 19.1 Å². The molecule has 2 aromatic heterocycles. The number of nitrogens with zero attached hydrogens (tertiary/aromatic N) is 4. The molecular formula is C24H30N4O2. The van der Waals surface area contributed by atoms with Crippen molar-refractivity contribution in [1.29, 1.82) is 0 Å². The maximum atomic E-state index is 13.4. The Morgan fingerprint density at radius 2 is 1.87 bits per heavy atom. The summed E-state index contributed by atoms with van der Waals surface area (Å²) in [5, 5.41) is 5.81. The van der Waals surface area contributed by atoms with Gasteiger partial charge >= 0.3 is 0 Å². The predicted molar refractivity (Wildman–Crippen MR) is 119 cm³/mol. The number of hydrogen-bond acceptors (Lipinski definition) is 3. The van der Waals surface area contributed by atoms with Gasteiger partial charge < -0.3 is 4.90 Å². The quantitative estimate of drug-likeness (QED) is 0.649. The van der Waals surface area contributed by atoms with Crippen LogP contribution in [0.2, 0.25) is 0 Å². The molecule has 158 valence electrons. The van der Waals surface area contributed by atoms with Crippen LogP contribution in [-0.2, 0) is 17.8 Å². The SMILES string of the molecule is CCn1c(=O)c(CCC(=O)N2CCCC2)c(C)c2c(C)nn(-c3cccc(C)c3)c21. The summed E-state index contributed by atoms with van der Waals surface area (Å²) in [5.41, 5.74) is 5.51. The predicted octanol–water partition coefficient (Wildman–Crippen LogP) is 3.69. The molecule has 0 N–H and O–H groups in total. The van der Waals surface area contributed by atoms with Gasteiger partial charge in [0.15, 0.2) is 0 Å². The summed E-state index contributed by atoms with van der Waals surface area (Å²) in [6.45, 7) is 10.3. The number of fused-ring (bicyclic) bond motifs is 1. The molecule has 0 saturated carbocycles. The van der Waals surface area contributed by atoms with Crippen LogP contribution in [0.15, 0.2) is 29.1 Å². The van der Waals surface area contributed by atoms with Crippen molar-refractivity contribution in [3.05, 3.63) is 57.0 Å². The zero-order valence-corrected chi connectivity index (χ0v) is 18.4. The minimum Gasteiger partial charge on any atom is -0.343 e. The van der Waals surface area contributed by atoms with Crippen molar-refractivity contribution in [2.75, 3.05) is 13.1 Å². The second-order valence-electron chi connectivity index (χ2n) is 8.28. The van der Waals surface area contributed by atoms with Gasteiger partial charge in [0.25, 0.3) is 5.56 Å². The molecule has 1 fully saturated rings. The topological polar surface area (TPSA) is 60.1 Å². The van der Waals surface area contributed by atoms with E-state index in [9.17, 15) is 9.59 Å². The van der Waals surface area contributed by atoms with Gasteiger partial charge in [0.2, 0.25) is 5.91 Å². The Labute approximate surface area is 177 Å². The molecule has 0 aliphatic carbocycles. The standard InChI is InChI=1S/C24H30N4O2/c1-5-27-23-22(18(4)25-28(23)19-10-8-9-16(2)15-19)17(3)20(24(27)30)11-12-21(29)26-13-6-7-14-26/h8-10,15H,5-7,11-14H2,1-4H3. The summed E-state index contributed by atoms with van der Waals surface area (Å²) < 4.78 is 3.69. The van der Waals surface area contributed by atoms with Crippen molar-refractivity contribution in [1.82, 2.24) is 19.2 Å². The van der Waals surface area contributed by atoms with E-state index in [-0.39, 0.29) is 11.5 Å². The third-order valence-electron chi connectivity index (χ3n) is 6.23. The van der Waals surface area contributed by atoms with Crippen LogP contribution in [0, 0.1) is 20.8 Å². The van der Waals surface area contributed by atoms with E-state index in [4.69, 9.17) is 5.10 Å². The molecule has 6 nitrogen and oxygen atoms in total. The number of amides is 1. The normalized spacial score (nSPS) is 14.1. The largest absolute Gasteiger partial charge is 0.343 e. The molecule has 0 unspecified atom stereocenters. The smallest absolute Gasteiger partial charge is 0.255 e. The number of aromatic nitrogens is 3. The van der Waals surface area contributed by atoms with Crippen molar-refractivity contribution in [2.24, 2.45) is 0 Å². The molecule has 0 atom stereocenters. The zero-order valence-electron chi connectivity index (χ0n) is 18.4. The van der Waals surface area contributed by atoms with E-state index in [1.54, 1.807) is 4.57 Å². The third kappa shape index (κ3) is 3.44. The number of rotatable bonds is 5. The third-order valence-corrected chi connectivity index (χ3v) is 6.23. The summed E-state index contributed by atoms with van der Waals surface area (Å²) in [5.74, 6) is 0.154. The second-order valence-corrected chi connectivity index (χ2v) is 8.28. The van der Waals surface area contributed by atoms with E-state index in [0.717, 1.165) is 65.0 Å². The van der Waals surface area contributed by atoms with Gasteiger partial charge in [0.1, 0.15) is 5.65 Å². The maximum absolute atomic E-state index is 13.4. The van der Waals surface area contributed by atoms with Crippen LogP contribution in [0.5, 0.6) is 0 Å². The number of carbonyl (C=O) groups is 1. The highest BCUT2D eigenvalue weighted by atomic mass is 16.2. The molecule has 0 bridgehead atoms. The fourth-order valence-corrected chi connectivity index (χ4v) is 4.66. The molecule has 4 rings (SSSR count). The number of aryl methyl sites for hydroxylation is 4. The lowest BCUT2D eigenvalue weighted by atomic mass is 10.0. The summed E-state index contributed by atoms with van der Waals surface area (Å²) in [7, 11) is 0. The highest BCUT2D eigenvalue weighted by Gasteiger charge is 2.23. The van der Waals surface area contributed by atoms with Crippen molar-refractivity contribution in [3.63, 3.8) is 0 Å². The minimum absolute atomic E-state index is 0.00877. The van der Waals surface area contributed by atoms with Gasteiger partial charge in [0.05, 0.1) is 11.4 Å². The highest BCUT2D eigenvalue weighted by molar-refractivity contribution is 5.85. The van der Waals surface area contributed by atoms with Crippen LogP contribution < -0.4 is 5.56 Å². The van der Waals surface area contributed by atoms with Gasteiger partial charge in [-0.2, -0.15) is 5.10 Å². The van der Waals surface area contributed by atoms with Crippen molar-refractivity contribution in [2.45, 2.75) is 59.9 Å². The van der Waals surface area contributed by atoms with Gasteiger partial charge in [-0.3, -0.25) is 14.2 Å². The fourth-order valence-electron chi connectivity index (χ4n) is 4.66.